The molecule has 0 radical (unpaired) electrons. The Balaban J connectivity index is 2.66. The molecule has 0 aliphatic carbocycles. The molecule has 0 amide bonds. The Hall–Kier alpha value is -1.74. The number of sulfonamides is 1. The van der Waals surface area contributed by atoms with Gasteiger partial charge in [0.05, 0.1) is 5.69 Å². The first-order valence-corrected chi connectivity index (χ1v) is 8.29. The first-order chi connectivity index (χ1) is 9.74. The fourth-order valence-corrected chi connectivity index (χ4v) is 2.81. The van der Waals surface area contributed by atoms with Gasteiger partial charge in [0.2, 0.25) is 0 Å². The highest BCUT2D eigenvalue weighted by Gasteiger charge is 2.24. The molecular formula is C12H20N6O2S. The Kier molecular flexibility index (Phi) is 4.15. The minimum atomic E-state index is -3.92. The predicted octanol–water partition coefficient (Wildman–Crippen LogP) is 0.773. The van der Waals surface area contributed by atoms with Crippen molar-refractivity contribution in [2.75, 3.05) is 0 Å². The average Bonchev–Trinajstić information content (AvgIpc) is 2.90. The van der Waals surface area contributed by atoms with E-state index in [2.05, 4.69) is 15.3 Å². The van der Waals surface area contributed by atoms with Gasteiger partial charge in [-0.05, 0) is 25.8 Å². The number of rotatable bonds is 5. The second-order valence-electron chi connectivity index (χ2n) is 5.34. The molecule has 2 aromatic rings. The van der Waals surface area contributed by atoms with Crippen LogP contribution in [0, 0.1) is 12.8 Å². The summed E-state index contributed by atoms with van der Waals surface area (Å²) in [5.74, 6) is 0.689. The second-order valence-corrected chi connectivity index (χ2v) is 6.80. The fraction of sp³-hybridized carbons (Fsp3) is 0.583. The zero-order valence-electron chi connectivity index (χ0n) is 12.6. The van der Waals surface area contributed by atoms with Crippen molar-refractivity contribution in [3.8, 4) is 11.5 Å². The fourth-order valence-electron chi connectivity index (χ4n) is 2.18. The molecule has 0 aromatic carbocycles. The first kappa shape index (κ1) is 15.6. The van der Waals surface area contributed by atoms with Crippen LogP contribution in [0.4, 0.5) is 0 Å². The number of aromatic nitrogens is 5. The van der Waals surface area contributed by atoms with Gasteiger partial charge in [0.15, 0.2) is 5.82 Å². The maximum Gasteiger partial charge on any atom is 0.273 e. The van der Waals surface area contributed by atoms with Crippen LogP contribution in [-0.4, -0.2) is 33.0 Å². The van der Waals surface area contributed by atoms with E-state index < -0.39 is 10.0 Å². The molecule has 0 aliphatic rings. The summed E-state index contributed by atoms with van der Waals surface area (Å²) >= 11 is 0. The van der Waals surface area contributed by atoms with E-state index in [4.69, 9.17) is 5.14 Å². The molecular weight excluding hydrogens is 292 g/mol. The van der Waals surface area contributed by atoms with Crippen molar-refractivity contribution in [3.63, 3.8) is 0 Å². The molecule has 2 heterocycles. The van der Waals surface area contributed by atoms with Crippen molar-refractivity contribution in [2.45, 2.75) is 45.9 Å². The highest BCUT2D eigenvalue weighted by molar-refractivity contribution is 7.89. The van der Waals surface area contributed by atoms with Gasteiger partial charge < -0.3 is 0 Å². The molecule has 0 spiro atoms. The van der Waals surface area contributed by atoms with E-state index >= 15 is 0 Å². The molecule has 2 N–H and O–H groups in total. The molecule has 0 bridgehead atoms. The molecule has 2 aromatic heterocycles. The van der Waals surface area contributed by atoms with E-state index in [-0.39, 0.29) is 11.1 Å². The Morgan fingerprint density at radius 3 is 2.52 bits per heavy atom. The zero-order chi connectivity index (χ0) is 15.8. The Bertz CT molecular complexity index is 744. The zero-order valence-corrected chi connectivity index (χ0v) is 13.4. The second kappa shape index (κ2) is 5.57. The number of primary sulfonamides is 1. The van der Waals surface area contributed by atoms with Gasteiger partial charge in [-0.15, -0.1) is 10.2 Å². The van der Waals surface area contributed by atoms with Gasteiger partial charge in [0.1, 0.15) is 5.69 Å². The molecule has 0 unspecified atom stereocenters. The topological polar surface area (TPSA) is 109 Å². The van der Waals surface area contributed by atoms with Gasteiger partial charge in [0.25, 0.3) is 15.2 Å². The number of hydrogen-bond acceptors (Lipinski definition) is 5. The van der Waals surface area contributed by atoms with Crippen molar-refractivity contribution in [1.29, 1.82) is 0 Å². The van der Waals surface area contributed by atoms with E-state index in [0.29, 0.717) is 18.9 Å². The molecule has 2 rings (SSSR count). The van der Waals surface area contributed by atoms with Crippen LogP contribution < -0.4 is 5.14 Å². The molecule has 0 fully saturated rings. The third kappa shape index (κ3) is 3.13. The van der Waals surface area contributed by atoms with Crippen LogP contribution in [0.1, 0.15) is 26.5 Å². The van der Waals surface area contributed by atoms with Crippen LogP contribution in [0.25, 0.3) is 11.5 Å². The van der Waals surface area contributed by atoms with Crippen molar-refractivity contribution in [3.05, 3.63) is 11.8 Å². The summed E-state index contributed by atoms with van der Waals surface area (Å²) < 4.78 is 26.7. The van der Waals surface area contributed by atoms with E-state index in [1.807, 2.05) is 33.8 Å². The molecule has 9 heteroatoms. The van der Waals surface area contributed by atoms with Crippen LogP contribution in [0.3, 0.4) is 0 Å². The van der Waals surface area contributed by atoms with Crippen LogP contribution in [0.15, 0.2) is 11.2 Å². The van der Waals surface area contributed by atoms with E-state index in [9.17, 15) is 8.42 Å². The normalized spacial score (nSPS) is 12.3. The minimum absolute atomic E-state index is 0.215. The van der Waals surface area contributed by atoms with Crippen LogP contribution >= 0.6 is 0 Å². The largest absolute Gasteiger partial charge is 0.295 e. The Morgan fingerprint density at radius 2 is 2.00 bits per heavy atom. The monoisotopic (exact) mass is 312 g/mol. The summed E-state index contributed by atoms with van der Waals surface area (Å²) in [5.41, 5.74) is 1.57. The van der Waals surface area contributed by atoms with E-state index in [1.54, 1.807) is 9.25 Å². The lowest BCUT2D eigenvalue weighted by molar-refractivity contribution is 0.484. The SMILES string of the molecule is CCn1nc(C)cc1-c1nnc(S(N)(=O)=O)n1CC(C)C. The van der Waals surface area contributed by atoms with Gasteiger partial charge in [0, 0.05) is 13.1 Å². The van der Waals surface area contributed by atoms with E-state index in [0.717, 1.165) is 11.4 Å². The molecule has 0 saturated carbocycles. The third-order valence-electron chi connectivity index (χ3n) is 2.95. The third-order valence-corrected chi connectivity index (χ3v) is 3.76. The summed E-state index contributed by atoms with van der Waals surface area (Å²) in [6.07, 6.45) is 0. The maximum atomic E-state index is 11.7. The molecule has 116 valence electrons. The minimum Gasteiger partial charge on any atom is -0.295 e. The highest BCUT2D eigenvalue weighted by Crippen LogP contribution is 2.22. The lowest BCUT2D eigenvalue weighted by Gasteiger charge is -2.12. The Morgan fingerprint density at radius 1 is 1.33 bits per heavy atom. The Labute approximate surface area is 124 Å². The number of hydrogen-bond donors (Lipinski definition) is 1. The molecule has 0 atom stereocenters. The first-order valence-electron chi connectivity index (χ1n) is 6.74. The lowest BCUT2D eigenvalue weighted by atomic mass is 10.2. The van der Waals surface area contributed by atoms with Crippen LogP contribution in [0.2, 0.25) is 0 Å². The number of nitrogens with zero attached hydrogens (tertiary/aromatic N) is 5. The molecule has 0 saturated heterocycles. The summed E-state index contributed by atoms with van der Waals surface area (Å²) in [6, 6.07) is 1.86. The quantitative estimate of drug-likeness (QED) is 0.877. The maximum absolute atomic E-state index is 11.7. The lowest BCUT2D eigenvalue weighted by Crippen LogP contribution is -2.20. The highest BCUT2D eigenvalue weighted by atomic mass is 32.2. The van der Waals surface area contributed by atoms with Crippen molar-refractivity contribution in [2.24, 2.45) is 11.1 Å². The van der Waals surface area contributed by atoms with Gasteiger partial charge in [-0.25, -0.2) is 13.6 Å². The van der Waals surface area contributed by atoms with Crippen LogP contribution in [-0.2, 0) is 23.1 Å². The summed E-state index contributed by atoms with van der Waals surface area (Å²) in [6.45, 7) is 8.92. The average molecular weight is 312 g/mol. The van der Waals surface area contributed by atoms with Gasteiger partial charge in [-0.3, -0.25) is 9.25 Å². The molecule has 8 nitrogen and oxygen atoms in total. The summed E-state index contributed by atoms with van der Waals surface area (Å²) in [4.78, 5) is 0. The van der Waals surface area contributed by atoms with Crippen molar-refractivity contribution in [1.82, 2.24) is 24.5 Å². The van der Waals surface area contributed by atoms with Gasteiger partial charge in [-0.2, -0.15) is 5.10 Å². The van der Waals surface area contributed by atoms with Crippen LogP contribution in [0.5, 0.6) is 0 Å². The van der Waals surface area contributed by atoms with Crippen molar-refractivity contribution >= 4 is 10.0 Å². The smallest absolute Gasteiger partial charge is 0.273 e. The molecule has 0 aliphatic heterocycles. The standard InChI is InChI=1S/C12H20N6O2S/c1-5-18-10(6-9(4)16-18)11-14-15-12(21(13,19)20)17(11)7-8(2)3/h6,8H,5,7H2,1-4H3,(H2,13,19,20). The van der Waals surface area contributed by atoms with Gasteiger partial charge in [-0.1, -0.05) is 13.8 Å². The predicted molar refractivity (Wildman–Crippen MR) is 77.9 cm³/mol. The van der Waals surface area contributed by atoms with Gasteiger partial charge >= 0.3 is 0 Å². The number of nitrogens with two attached hydrogens (primary N) is 1. The van der Waals surface area contributed by atoms with E-state index in [1.165, 1.54) is 0 Å². The number of aryl methyl sites for hydroxylation is 2. The molecule has 21 heavy (non-hydrogen) atoms. The summed E-state index contributed by atoms with van der Waals surface area (Å²) in [7, 11) is -3.92. The summed E-state index contributed by atoms with van der Waals surface area (Å²) in [5, 5.41) is 17.1. The van der Waals surface area contributed by atoms with Crippen molar-refractivity contribution < 1.29 is 8.42 Å².